The molecule has 1 N–H and O–H groups in total. The second-order valence-electron chi connectivity index (χ2n) is 4.69. The summed E-state index contributed by atoms with van der Waals surface area (Å²) in [5, 5.41) is 18.4. The lowest BCUT2D eigenvalue weighted by molar-refractivity contribution is 0.290. The van der Waals surface area contributed by atoms with Crippen LogP contribution in [-0.2, 0) is 0 Å². The fraction of sp³-hybridized carbons (Fsp3) is 0.571. The maximum absolute atomic E-state index is 9.25. The Kier molecular flexibility index (Phi) is 4.54. The summed E-state index contributed by atoms with van der Waals surface area (Å²) in [7, 11) is 0. The van der Waals surface area contributed by atoms with Crippen molar-refractivity contribution in [3.05, 3.63) is 24.0 Å². The lowest BCUT2D eigenvalue weighted by Crippen LogP contribution is -2.39. The summed E-state index contributed by atoms with van der Waals surface area (Å²) in [6.07, 6.45) is 7.67. The molecule has 0 aromatic carbocycles. The Morgan fingerprint density at radius 1 is 1.39 bits per heavy atom. The minimum Gasteiger partial charge on any atom is -0.395 e. The summed E-state index contributed by atoms with van der Waals surface area (Å²) in [4.78, 5) is 6.27. The Morgan fingerprint density at radius 3 is 2.83 bits per heavy atom. The zero-order chi connectivity index (χ0) is 12.8. The third kappa shape index (κ3) is 2.80. The summed E-state index contributed by atoms with van der Waals surface area (Å²) in [5.74, 6) is 0. The fourth-order valence-corrected chi connectivity index (χ4v) is 2.71. The van der Waals surface area contributed by atoms with Gasteiger partial charge in [0, 0.05) is 18.8 Å². The number of aliphatic hydroxyl groups is 1. The van der Waals surface area contributed by atoms with E-state index in [1.165, 1.54) is 19.3 Å². The summed E-state index contributed by atoms with van der Waals surface area (Å²) >= 11 is 0. The average Bonchev–Trinajstić information content (AvgIpc) is 2.46. The van der Waals surface area contributed by atoms with Crippen LogP contribution < -0.4 is 4.90 Å². The van der Waals surface area contributed by atoms with Gasteiger partial charge in [-0.05, 0) is 25.0 Å². The van der Waals surface area contributed by atoms with E-state index in [0.717, 1.165) is 18.5 Å². The third-order valence-electron chi connectivity index (χ3n) is 3.56. The lowest BCUT2D eigenvalue weighted by Gasteiger charge is -2.35. The van der Waals surface area contributed by atoms with Crippen molar-refractivity contribution in [2.75, 3.05) is 18.1 Å². The van der Waals surface area contributed by atoms with Gasteiger partial charge in [-0.15, -0.1) is 0 Å². The highest BCUT2D eigenvalue weighted by atomic mass is 16.3. The van der Waals surface area contributed by atoms with Gasteiger partial charge in [0.15, 0.2) is 5.69 Å². The Morgan fingerprint density at radius 2 is 2.17 bits per heavy atom. The van der Waals surface area contributed by atoms with Crippen LogP contribution in [0.3, 0.4) is 0 Å². The first-order chi connectivity index (χ1) is 8.86. The molecule has 1 aromatic heterocycles. The highest BCUT2D eigenvalue weighted by Crippen LogP contribution is 2.28. The van der Waals surface area contributed by atoms with Crippen LogP contribution in [0.4, 0.5) is 5.69 Å². The van der Waals surface area contributed by atoms with Crippen molar-refractivity contribution in [2.45, 2.75) is 38.1 Å². The molecule has 0 radical (unpaired) electrons. The molecule has 1 aliphatic rings. The molecule has 2 rings (SSSR count). The van der Waals surface area contributed by atoms with Gasteiger partial charge in [0.25, 0.3) is 0 Å². The van der Waals surface area contributed by atoms with Crippen molar-refractivity contribution in [1.29, 1.82) is 5.26 Å². The van der Waals surface area contributed by atoms with Crippen LogP contribution in [0.2, 0.25) is 0 Å². The number of hydrogen-bond acceptors (Lipinski definition) is 4. The van der Waals surface area contributed by atoms with Gasteiger partial charge in [-0.2, -0.15) is 5.26 Å². The van der Waals surface area contributed by atoms with Gasteiger partial charge in [-0.25, -0.2) is 4.98 Å². The number of aliphatic hydroxyl groups excluding tert-OH is 1. The number of anilines is 1. The van der Waals surface area contributed by atoms with Crippen molar-refractivity contribution in [3.8, 4) is 6.07 Å². The maximum Gasteiger partial charge on any atom is 0.163 e. The molecule has 0 unspecified atom stereocenters. The molecular weight excluding hydrogens is 226 g/mol. The number of hydrogen-bond donors (Lipinski definition) is 1. The van der Waals surface area contributed by atoms with Crippen molar-refractivity contribution < 1.29 is 5.11 Å². The van der Waals surface area contributed by atoms with E-state index in [1.54, 1.807) is 6.20 Å². The van der Waals surface area contributed by atoms with Crippen LogP contribution in [0.15, 0.2) is 18.3 Å². The van der Waals surface area contributed by atoms with Crippen LogP contribution in [0.5, 0.6) is 0 Å². The van der Waals surface area contributed by atoms with Gasteiger partial charge < -0.3 is 10.0 Å². The predicted octanol–water partition coefficient (Wildman–Crippen LogP) is 2.08. The molecule has 18 heavy (non-hydrogen) atoms. The van der Waals surface area contributed by atoms with Gasteiger partial charge >= 0.3 is 0 Å². The van der Waals surface area contributed by atoms with Crippen LogP contribution in [-0.4, -0.2) is 29.3 Å². The second-order valence-corrected chi connectivity index (χ2v) is 4.69. The zero-order valence-electron chi connectivity index (χ0n) is 10.5. The normalized spacial score (nSPS) is 16.2. The van der Waals surface area contributed by atoms with Crippen molar-refractivity contribution in [2.24, 2.45) is 0 Å². The third-order valence-corrected chi connectivity index (χ3v) is 3.56. The molecule has 0 bridgehead atoms. The Labute approximate surface area is 108 Å². The molecule has 1 saturated carbocycles. The van der Waals surface area contributed by atoms with E-state index in [1.807, 2.05) is 12.1 Å². The number of aromatic nitrogens is 1. The number of rotatable bonds is 4. The first-order valence-corrected chi connectivity index (χ1v) is 6.59. The SMILES string of the molecule is N#Cc1ncccc1N(CCO)C1CCCCC1. The molecule has 0 spiro atoms. The van der Waals surface area contributed by atoms with Crippen LogP contribution >= 0.6 is 0 Å². The Hall–Kier alpha value is -1.60. The fourth-order valence-electron chi connectivity index (χ4n) is 2.71. The molecule has 1 aliphatic carbocycles. The van der Waals surface area contributed by atoms with Crippen molar-refractivity contribution in [3.63, 3.8) is 0 Å². The minimum absolute atomic E-state index is 0.107. The molecule has 96 valence electrons. The van der Waals surface area contributed by atoms with E-state index in [-0.39, 0.29) is 6.61 Å². The maximum atomic E-state index is 9.25. The van der Waals surface area contributed by atoms with Gasteiger partial charge in [0.2, 0.25) is 0 Å². The standard InChI is InChI=1S/C14H19N3O/c15-11-13-14(7-4-8-16-13)17(9-10-18)12-5-2-1-3-6-12/h4,7-8,12,18H,1-3,5-6,9-10H2. The van der Waals surface area contributed by atoms with Crippen LogP contribution in [0.25, 0.3) is 0 Å². The molecule has 0 saturated heterocycles. The second kappa shape index (κ2) is 6.36. The smallest absolute Gasteiger partial charge is 0.163 e. The Balaban J connectivity index is 2.25. The zero-order valence-corrected chi connectivity index (χ0v) is 10.5. The Bertz CT molecular complexity index is 421. The van der Waals surface area contributed by atoms with Gasteiger partial charge in [-0.1, -0.05) is 19.3 Å². The summed E-state index contributed by atoms with van der Waals surface area (Å²) < 4.78 is 0. The van der Waals surface area contributed by atoms with E-state index in [2.05, 4.69) is 16.0 Å². The van der Waals surface area contributed by atoms with E-state index >= 15 is 0 Å². The highest BCUT2D eigenvalue weighted by molar-refractivity contribution is 5.56. The first-order valence-electron chi connectivity index (χ1n) is 6.59. The van der Waals surface area contributed by atoms with E-state index in [0.29, 0.717) is 18.3 Å². The molecular formula is C14H19N3O. The lowest BCUT2D eigenvalue weighted by atomic mass is 9.93. The van der Waals surface area contributed by atoms with Gasteiger partial charge in [0.05, 0.1) is 12.3 Å². The largest absolute Gasteiger partial charge is 0.395 e. The molecule has 0 atom stereocenters. The van der Waals surface area contributed by atoms with Gasteiger partial charge in [0.1, 0.15) is 6.07 Å². The molecule has 0 amide bonds. The molecule has 4 heteroatoms. The molecule has 1 fully saturated rings. The first kappa shape index (κ1) is 12.8. The summed E-state index contributed by atoms with van der Waals surface area (Å²) in [5.41, 5.74) is 1.32. The van der Waals surface area contributed by atoms with E-state index in [4.69, 9.17) is 5.26 Å². The van der Waals surface area contributed by atoms with Crippen LogP contribution in [0, 0.1) is 11.3 Å². The molecule has 1 aromatic rings. The van der Waals surface area contributed by atoms with E-state index in [9.17, 15) is 5.11 Å². The summed E-state index contributed by atoms with van der Waals surface area (Å²) in [6.45, 7) is 0.682. The average molecular weight is 245 g/mol. The van der Waals surface area contributed by atoms with Gasteiger partial charge in [-0.3, -0.25) is 0 Å². The summed E-state index contributed by atoms with van der Waals surface area (Å²) in [6, 6.07) is 6.35. The number of pyridine rings is 1. The molecule has 1 heterocycles. The molecule has 4 nitrogen and oxygen atoms in total. The number of nitriles is 1. The monoisotopic (exact) mass is 245 g/mol. The topological polar surface area (TPSA) is 60.2 Å². The van der Waals surface area contributed by atoms with E-state index < -0.39 is 0 Å². The van der Waals surface area contributed by atoms with Crippen LogP contribution in [0.1, 0.15) is 37.8 Å². The number of nitrogens with zero attached hydrogens (tertiary/aromatic N) is 3. The predicted molar refractivity (Wildman–Crippen MR) is 70.3 cm³/mol. The molecule has 0 aliphatic heterocycles. The van der Waals surface area contributed by atoms with Crippen molar-refractivity contribution >= 4 is 5.69 Å². The highest BCUT2D eigenvalue weighted by Gasteiger charge is 2.23. The minimum atomic E-state index is 0.107. The quantitative estimate of drug-likeness (QED) is 0.882. The van der Waals surface area contributed by atoms with Crippen molar-refractivity contribution in [1.82, 2.24) is 4.98 Å².